The minimum Gasteiger partial charge on any atom is -0.344 e. The van der Waals surface area contributed by atoms with Crippen molar-refractivity contribution in [2.45, 2.75) is 39.5 Å². The minimum absolute atomic E-state index is 0.559. The van der Waals surface area contributed by atoms with Crippen molar-refractivity contribution < 1.29 is 4.57 Å². The van der Waals surface area contributed by atoms with Crippen molar-refractivity contribution >= 4 is 11.3 Å². The molecule has 2 aromatic carbocycles. The number of rotatable bonds is 5. The quantitative estimate of drug-likeness (QED) is 0.440. The van der Waals surface area contributed by atoms with E-state index in [1.165, 1.54) is 33.6 Å². The molecule has 0 aliphatic carbocycles. The highest BCUT2D eigenvalue weighted by molar-refractivity contribution is 5.76. The van der Waals surface area contributed by atoms with Gasteiger partial charge in [-0.25, -0.2) is 0 Å². The number of benzene rings is 2. The molecule has 0 bridgehead atoms. The standard InChI is InChI=1S/C28H31N2/c1-21(2)23-5-9-27(10-6-23)29-17-13-25(14-18-29)26-15-19-30(20-16-26)28-11-7-24(8-12-28)22(3)4/h5-19,21-22H,20H2,1-4H3/q+1. The van der Waals surface area contributed by atoms with Crippen LogP contribution in [0.5, 0.6) is 0 Å². The Morgan fingerprint density at radius 1 is 0.733 bits per heavy atom. The van der Waals surface area contributed by atoms with Crippen molar-refractivity contribution in [3.05, 3.63) is 108 Å². The van der Waals surface area contributed by atoms with E-state index in [1.54, 1.807) is 0 Å². The van der Waals surface area contributed by atoms with Crippen molar-refractivity contribution in [3.63, 3.8) is 0 Å². The summed E-state index contributed by atoms with van der Waals surface area (Å²) in [4.78, 5) is 2.28. The van der Waals surface area contributed by atoms with E-state index in [1.807, 2.05) is 0 Å². The predicted octanol–water partition coefficient (Wildman–Crippen LogP) is 6.63. The van der Waals surface area contributed by atoms with Crippen LogP contribution in [0.1, 0.15) is 56.2 Å². The monoisotopic (exact) mass is 395 g/mol. The Morgan fingerprint density at radius 3 is 1.80 bits per heavy atom. The summed E-state index contributed by atoms with van der Waals surface area (Å²) in [5, 5.41) is 0. The molecule has 2 nitrogen and oxygen atoms in total. The number of nitrogens with zero attached hydrogens (tertiary/aromatic N) is 2. The van der Waals surface area contributed by atoms with E-state index < -0.39 is 0 Å². The first-order valence-corrected chi connectivity index (χ1v) is 10.9. The predicted molar refractivity (Wildman–Crippen MR) is 127 cm³/mol. The lowest BCUT2D eigenvalue weighted by Gasteiger charge is -2.23. The average molecular weight is 396 g/mol. The number of pyridine rings is 1. The number of anilines is 1. The van der Waals surface area contributed by atoms with Gasteiger partial charge in [0.05, 0.1) is 0 Å². The maximum atomic E-state index is 2.30. The van der Waals surface area contributed by atoms with Crippen molar-refractivity contribution in [2.24, 2.45) is 0 Å². The summed E-state index contributed by atoms with van der Waals surface area (Å²) in [6.45, 7) is 9.80. The summed E-state index contributed by atoms with van der Waals surface area (Å²) in [6, 6.07) is 22.1. The molecule has 1 aromatic heterocycles. The topological polar surface area (TPSA) is 7.12 Å². The fourth-order valence-electron chi connectivity index (χ4n) is 3.77. The maximum absolute atomic E-state index is 2.30. The molecule has 0 unspecified atom stereocenters. The molecular formula is C28H31N2+. The number of hydrogen-bond acceptors (Lipinski definition) is 1. The largest absolute Gasteiger partial charge is 0.344 e. The van der Waals surface area contributed by atoms with E-state index in [9.17, 15) is 0 Å². The second kappa shape index (κ2) is 8.71. The molecule has 3 aromatic rings. The van der Waals surface area contributed by atoms with Gasteiger partial charge in [-0.15, -0.1) is 0 Å². The van der Waals surface area contributed by atoms with Gasteiger partial charge in [0.25, 0.3) is 0 Å². The lowest BCUT2D eigenvalue weighted by Crippen LogP contribution is -2.29. The number of allylic oxidation sites excluding steroid dienone is 2. The van der Waals surface area contributed by atoms with E-state index in [2.05, 4.69) is 129 Å². The smallest absolute Gasteiger partial charge is 0.210 e. The normalized spacial score (nSPS) is 13.8. The van der Waals surface area contributed by atoms with Crippen molar-refractivity contribution in [2.75, 3.05) is 11.4 Å². The third-order valence-corrected chi connectivity index (χ3v) is 5.85. The molecule has 2 heteroatoms. The van der Waals surface area contributed by atoms with E-state index in [4.69, 9.17) is 0 Å². The van der Waals surface area contributed by atoms with Crippen LogP contribution in [-0.2, 0) is 0 Å². The van der Waals surface area contributed by atoms with Crippen LogP contribution in [0.15, 0.2) is 91.4 Å². The first kappa shape index (κ1) is 20.2. The van der Waals surface area contributed by atoms with Gasteiger partial charge >= 0.3 is 0 Å². The molecule has 0 saturated heterocycles. The zero-order valence-corrected chi connectivity index (χ0v) is 18.4. The first-order valence-electron chi connectivity index (χ1n) is 10.9. The van der Waals surface area contributed by atoms with E-state index in [0.29, 0.717) is 11.8 Å². The molecule has 0 saturated carbocycles. The van der Waals surface area contributed by atoms with Crippen molar-refractivity contribution in [1.29, 1.82) is 0 Å². The van der Waals surface area contributed by atoms with Crippen LogP contribution >= 0.6 is 0 Å². The molecule has 4 rings (SSSR count). The molecule has 0 radical (unpaired) electrons. The highest BCUT2D eigenvalue weighted by Gasteiger charge is 2.11. The molecule has 0 atom stereocenters. The molecule has 0 amide bonds. The highest BCUT2D eigenvalue weighted by Crippen LogP contribution is 2.25. The van der Waals surface area contributed by atoms with Crippen LogP contribution in [0.3, 0.4) is 0 Å². The highest BCUT2D eigenvalue weighted by atomic mass is 15.1. The van der Waals surface area contributed by atoms with Crippen LogP contribution in [-0.4, -0.2) is 6.54 Å². The molecule has 1 aliphatic rings. The van der Waals surface area contributed by atoms with E-state index >= 15 is 0 Å². The Labute approximate surface area is 180 Å². The third-order valence-electron chi connectivity index (χ3n) is 5.85. The van der Waals surface area contributed by atoms with Gasteiger partial charge in [0.2, 0.25) is 5.69 Å². The lowest BCUT2D eigenvalue weighted by atomic mass is 10.0. The summed E-state index contributed by atoms with van der Waals surface area (Å²) in [5.74, 6) is 1.13. The lowest BCUT2D eigenvalue weighted by molar-refractivity contribution is -0.595. The fraction of sp³-hybridized carbons (Fsp3) is 0.250. The van der Waals surface area contributed by atoms with Gasteiger partial charge in [-0.2, -0.15) is 4.57 Å². The van der Waals surface area contributed by atoms with Gasteiger partial charge in [0.1, 0.15) is 0 Å². The van der Waals surface area contributed by atoms with Crippen LogP contribution in [0.4, 0.5) is 5.69 Å². The zero-order valence-electron chi connectivity index (χ0n) is 18.4. The molecular weight excluding hydrogens is 364 g/mol. The van der Waals surface area contributed by atoms with Gasteiger partial charge in [-0.3, -0.25) is 0 Å². The summed E-state index contributed by atoms with van der Waals surface area (Å²) < 4.78 is 2.17. The first-order chi connectivity index (χ1) is 14.5. The number of hydrogen-bond donors (Lipinski definition) is 0. The summed E-state index contributed by atoms with van der Waals surface area (Å²) in [7, 11) is 0. The fourth-order valence-corrected chi connectivity index (χ4v) is 3.77. The summed E-state index contributed by atoms with van der Waals surface area (Å²) >= 11 is 0. The molecule has 1 aliphatic heterocycles. The van der Waals surface area contributed by atoms with Gasteiger partial charge < -0.3 is 4.90 Å². The third kappa shape index (κ3) is 4.38. The maximum Gasteiger partial charge on any atom is 0.210 e. The van der Waals surface area contributed by atoms with Gasteiger partial charge in [0, 0.05) is 42.7 Å². The van der Waals surface area contributed by atoms with Crippen LogP contribution in [0.2, 0.25) is 0 Å². The van der Waals surface area contributed by atoms with E-state index in [0.717, 1.165) is 6.54 Å². The average Bonchev–Trinajstić information content (AvgIpc) is 2.79. The van der Waals surface area contributed by atoms with Gasteiger partial charge in [-0.1, -0.05) is 58.0 Å². The Morgan fingerprint density at radius 2 is 1.30 bits per heavy atom. The van der Waals surface area contributed by atoms with Crippen LogP contribution < -0.4 is 9.47 Å². The Hall–Kier alpha value is -3.13. The van der Waals surface area contributed by atoms with Crippen molar-refractivity contribution in [1.82, 2.24) is 0 Å². The SMILES string of the molecule is CC(C)c1ccc(N2C=CC(c3cc[n+](-c4ccc(C(C)C)cc4)cc3)=CC2)cc1. The second-order valence-corrected chi connectivity index (χ2v) is 8.61. The molecule has 2 heterocycles. The van der Waals surface area contributed by atoms with Crippen LogP contribution in [0.25, 0.3) is 11.3 Å². The minimum atomic E-state index is 0.559. The van der Waals surface area contributed by atoms with Gasteiger partial charge in [-0.05, 0) is 52.3 Å². The van der Waals surface area contributed by atoms with E-state index in [-0.39, 0.29) is 0 Å². The summed E-state index contributed by atoms with van der Waals surface area (Å²) in [5.41, 5.74) is 7.70. The molecule has 0 fully saturated rings. The zero-order chi connectivity index (χ0) is 21.1. The van der Waals surface area contributed by atoms with Crippen molar-refractivity contribution in [3.8, 4) is 5.69 Å². The Bertz CT molecular complexity index is 1040. The number of aromatic nitrogens is 1. The molecule has 30 heavy (non-hydrogen) atoms. The second-order valence-electron chi connectivity index (χ2n) is 8.61. The Kier molecular flexibility index (Phi) is 5.85. The van der Waals surface area contributed by atoms with Gasteiger partial charge in [0.15, 0.2) is 12.4 Å². The Balaban J connectivity index is 1.44. The molecule has 0 N–H and O–H groups in total. The molecule has 152 valence electrons. The van der Waals surface area contributed by atoms with Crippen LogP contribution in [0, 0.1) is 0 Å². The molecule has 0 spiro atoms. The summed E-state index contributed by atoms with van der Waals surface area (Å²) in [6.07, 6.45) is 11.0.